The Balaban J connectivity index is 1.69. The van der Waals surface area contributed by atoms with Crippen LogP contribution in [0.5, 0.6) is 0 Å². The summed E-state index contributed by atoms with van der Waals surface area (Å²) in [6.45, 7) is 3.19. The first-order valence-corrected chi connectivity index (χ1v) is 8.73. The normalized spacial score (nSPS) is 17.6. The molecule has 6 nitrogen and oxygen atoms in total. The average molecular weight is 387 g/mol. The van der Waals surface area contributed by atoms with Gasteiger partial charge in [0.1, 0.15) is 11.6 Å². The van der Waals surface area contributed by atoms with Gasteiger partial charge in [-0.05, 0) is 42.7 Å². The molecule has 0 spiro atoms. The van der Waals surface area contributed by atoms with E-state index in [9.17, 15) is 23.2 Å². The molecule has 1 saturated carbocycles. The second kappa shape index (κ2) is 7.75. The van der Waals surface area contributed by atoms with Crippen LogP contribution in [0.3, 0.4) is 0 Å². The highest BCUT2D eigenvalue weighted by Gasteiger charge is 2.39. The van der Waals surface area contributed by atoms with Crippen LogP contribution in [-0.4, -0.2) is 17.7 Å². The zero-order valence-corrected chi connectivity index (χ0v) is 15.3. The lowest BCUT2D eigenvalue weighted by Gasteiger charge is -2.11. The molecule has 0 heterocycles. The highest BCUT2D eigenvalue weighted by Crippen LogP contribution is 2.38. The predicted molar refractivity (Wildman–Crippen MR) is 101 cm³/mol. The highest BCUT2D eigenvalue weighted by molar-refractivity contribution is 6.05. The number of carbonyl (C=O) groups is 3. The maximum absolute atomic E-state index is 13.9. The van der Waals surface area contributed by atoms with Gasteiger partial charge in [-0.15, -0.1) is 0 Å². The molecule has 0 bridgehead atoms. The van der Waals surface area contributed by atoms with Crippen LogP contribution in [0.4, 0.5) is 25.8 Å². The van der Waals surface area contributed by atoms with Gasteiger partial charge in [-0.2, -0.15) is 0 Å². The SMILES string of the molecule is CC(=O)Nc1cc(NC(=O)c2ccc(NC(=O)C3CC3C)cc2)c(F)cc1F. The van der Waals surface area contributed by atoms with Gasteiger partial charge >= 0.3 is 0 Å². The van der Waals surface area contributed by atoms with Crippen molar-refractivity contribution in [2.24, 2.45) is 11.8 Å². The molecule has 2 unspecified atom stereocenters. The van der Waals surface area contributed by atoms with Gasteiger partial charge in [0.05, 0.1) is 11.4 Å². The molecule has 146 valence electrons. The van der Waals surface area contributed by atoms with Gasteiger partial charge in [-0.1, -0.05) is 6.92 Å². The zero-order chi connectivity index (χ0) is 20.4. The Morgan fingerprint density at radius 1 is 0.929 bits per heavy atom. The summed E-state index contributed by atoms with van der Waals surface area (Å²) in [7, 11) is 0. The van der Waals surface area contributed by atoms with Gasteiger partial charge < -0.3 is 16.0 Å². The lowest BCUT2D eigenvalue weighted by molar-refractivity contribution is -0.117. The number of halogens is 2. The smallest absolute Gasteiger partial charge is 0.255 e. The van der Waals surface area contributed by atoms with E-state index < -0.39 is 23.4 Å². The molecule has 3 N–H and O–H groups in total. The molecule has 1 aliphatic rings. The molecule has 1 aliphatic carbocycles. The number of nitrogens with one attached hydrogen (secondary N) is 3. The zero-order valence-electron chi connectivity index (χ0n) is 15.3. The van der Waals surface area contributed by atoms with Crippen molar-refractivity contribution in [3.63, 3.8) is 0 Å². The Morgan fingerprint density at radius 3 is 2.04 bits per heavy atom. The van der Waals surface area contributed by atoms with Crippen LogP contribution in [0.2, 0.25) is 0 Å². The first-order chi connectivity index (χ1) is 13.2. The highest BCUT2D eigenvalue weighted by atomic mass is 19.1. The molecule has 3 rings (SSSR count). The van der Waals surface area contributed by atoms with Crippen molar-refractivity contribution in [2.75, 3.05) is 16.0 Å². The fraction of sp³-hybridized carbons (Fsp3) is 0.250. The van der Waals surface area contributed by atoms with Crippen molar-refractivity contribution in [3.8, 4) is 0 Å². The fourth-order valence-electron chi connectivity index (χ4n) is 2.75. The molecule has 2 atom stereocenters. The number of hydrogen-bond acceptors (Lipinski definition) is 3. The van der Waals surface area contributed by atoms with E-state index in [0.717, 1.165) is 12.5 Å². The third-order valence-corrected chi connectivity index (χ3v) is 4.48. The minimum atomic E-state index is -0.970. The molecule has 0 radical (unpaired) electrons. The Bertz CT molecular complexity index is 944. The van der Waals surface area contributed by atoms with Crippen molar-refractivity contribution >= 4 is 34.8 Å². The van der Waals surface area contributed by atoms with Gasteiger partial charge in [0.25, 0.3) is 5.91 Å². The summed E-state index contributed by atoms with van der Waals surface area (Å²) in [5.74, 6) is -2.70. The molecule has 2 aromatic carbocycles. The summed E-state index contributed by atoms with van der Waals surface area (Å²) in [4.78, 5) is 35.3. The summed E-state index contributed by atoms with van der Waals surface area (Å²) in [5, 5.41) is 7.35. The second-order valence-electron chi connectivity index (χ2n) is 6.83. The van der Waals surface area contributed by atoms with Gasteiger partial charge in [0.15, 0.2) is 0 Å². The van der Waals surface area contributed by atoms with Crippen LogP contribution in [0.15, 0.2) is 36.4 Å². The van der Waals surface area contributed by atoms with E-state index >= 15 is 0 Å². The van der Waals surface area contributed by atoms with Crippen LogP contribution in [0.25, 0.3) is 0 Å². The molecule has 8 heteroatoms. The summed E-state index contributed by atoms with van der Waals surface area (Å²) < 4.78 is 27.6. The van der Waals surface area contributed by atoms with E-state index in [1.165, 1.54) is 19.1 Å². The molecule has 0 saturated heterocycles. The summed E-state index contributed by atoms with van der Waals surface area (Å²) in [6, 6.07) is 7.70. The fourth-order valence-corrected chi connectivity index (χ4v) is 2.75. The molecule has 2 aromatic rings. The van der Waals surface area contributed by atoms with Crippen molar-refractivity contribution in [1.82, 2.24) is 0 Å². The summed E-state index contributed by atoms with van der Waals surface area (Å²) in [6.07, 6.45) is 0.871. The molecule has 0 aliphatic heterocycles. The number of amides is 3. The molecule has 1 fully saturated rings. The largest absolute Gasteiger partial charge is 0.326 e. The topological polar surface area (TPSA) is 87.3 Å². The van der Waals surface area contributed by atoms with Gasteiger partial charge in [-0.3, -0.25) is 14.4 Å². The van der Waals surface area contributed by atoms with Crippen molar-refractivity contribution in [2.45, 2.75) is 20.3 Å². The molecular formula is C20H19F2N3O3. The van der Waals surface area contributed by atoms with E-state index in [1.54, 1.807) is 12.1 Å². The van der Waals surface area contributed by atoms with E-state index in [1.807, 2.05) is 6.92 Å². The third-order valence-electron chi connectivity index (χ3n) is 4.48. The summed E-state index contributed by atoms with van der Waals surface area (Å²) in [5.41, 5.74) is 0.274. The second-order valence-corrected chi connectivity index (χ2v) is 6.83. The molecular weight excluding hydrogens is 368 g/mol. The maximum atomic E-state index is 13.9. The number of benzene rings is 2. The van der Waals surface area contributed by atoms with Gasteiger partial charge in [0.2, 0.25) is 11.8 Å². The number of carbonyl (C=O) groups excluding carboxylic acids is 3. The van der Waals surface area contributed by atoms with Crippen molar-refractivity contribution in [3.05, 3.63) is 53.6 Å². The van der Waals surface area contributed by atoms with Crippen LogP contribution < -0.4 is 16.0 Å². The van der Waals surface area contributed by atoms with E-state index in [-0.39, 0.29) is 28.8 Å². The van der Waals surface area contributed by atoms with Crippen LogP contribution >= 0.6 is 0 Å². The lowest BCUT2D eigenvalue weighted by Crippen LogP contribution is -2.16. The molecule has 0 aromatic heterocycles. The quantitative estimate of drug-likeness (QED) is 0.730. The van der Waals surface area contributed by atoms with Crippen LogP contribution in [0, 0.1) is 23.5 Å². The summed E-state index contributed by atoms with van der Waals surface area (Å²) >= 11 is 0. The Hall–Kier alpha value is -3.29. The van der Waals surface area contributed by atoms with Gasteiger partial charge in [-0.25, -0.2) is 8.78 Å². The average Bonchev–Trinajstić information content (AvgIpc) is 3.36. The lowest BCUT2D eigenvalue weighted by atomic mass is 10.1. The predicted octanol–water partition coefficient (Wildman–Crippen LogP) is 3.77. The van der Waals surface area contributed by atoms with E-state index in [4.69, 9.17) is 0 Å². The van der Waals surface area contributed by atoms with Crippen LogP contribution in [-0.2, 0) is 9.59 Å². The monoisotopic (exact) mass is 387 g/mol. The third kappa shape index (κ3) is 4.51. The molecule has 28 heavy (non-hydrogen) atoms. The van der Waals surface area contributed by atoms with Crippen LogP contribution in [0.1, 0.15) is 30.6 Å². The minimum absolute atomic E-state index is 0.0298. The Morgan fingerprint density at radius 2 is 1.50 bits per heavy atom. The first kappa shape index (κ1) is 19.5. The molecule has 3 amide bonds. The maximum Gasteiger partial charge on any atom is 0.255 e. The Kier molecular flexibility index (Phi) is 5.39. The van der Waals surface area contributed by atoms with Crippen molar-refractivity contribution < 1.29 is 23.2 Å². The van der Waals surface area contributed by atoms with E-state index in [0.29, 0.717) is 17.7 Å². The minimum Gasteiger partial charge on any atom is -0.326 e. The first-order valence-electron chi connectivity index (χ1n) is 8.73. The van der Waals surface area contributed by atoms with Crippen molar-refractivity contribution in [1.29, 1.82) is 0 Å². The number of anilines is 3. The van der Waals surface area contributed by atoms with E-state index in [2.05, 4.69) is 16.0 Å². The van der Waals surface area contributed by atoms with Gasteiger partial charge in [0, 0.05) is 30.2 Å². The number of rotatable bonds is 5. The number of hydrogen-bond donors (Lipinski definition) is 3. The standard InChI is InChI=1S/C20H19F2N3O3/c1-10-7-14(10)20(28)24-13-5-3-12(4-6-13)19(27)25-18-9-17(23-11(2)26)15(21)8-16(18)22/h3-6,8-10,14H,7H2,1-2H3,(H,23,26)(H,24,28)(H,25,27). The Labute approximate surface area is 160 Å².